The Kier molecular flexibility index (Phi) is 6.01. The zero-order valence-electron chi connectivity index (χ0n) is 18.5. The molecule has 0 saturated carbocycles. The highest BCUT2D eigenvalue weighted by molar-refractivity contribution is 7.15. The molecule has 0 amide bonds. The molecule has 7 heteroatoms. The van der Waals surface area contributed by atoms with Gasteiger partial charge in [0.2, 0.25) is 4.96 Å². The van der Waals surface area contributed by atoms with Crippen LogP contribution in [0, 0.1) is 6.92 Å². The summed E-state index contributed by atoms with van der Waals surface area (Å²) in [4.78, 5) is 29.8. The molecule has 2 heterocycles. The summed E-state index contributed by atoms with van der Waals surface area (Å²) < 4.78 is 7.50. The van der Waals surface area contributed by atoms with Crippen molar-refractivity contribution in [1.29, 1.82) is 0 Å². The molecule has 0 saturated heterocycles. The summed E-state index contributed by atoms with van der Waals surface area (Å²) in [5.74, 6) is 0.745. The zero-order chi connectivity index (χ0) is 23.5. The number of ether oxygens (including phenoxy) is 1. The van der Waals surface area contributed by atoms with Crippen molar-refractivity contribution in [2.24, 2.45) is 0 Å². The molecule has 0 aliphatic heterocycles. The molecular formula is C27H21N3O3S. The minimum Gasteiger partial charge on any atom is -0.489 e. The first-order valence-electron chi connectivity index (χ1n) is 10.8. The molecule has 0 spiro atoms. The van der Waals surface area contributed by atoms with Crippen LogP contribution in [-0.2, 0) is 13.0 Å². The summed E-state index contributed by atoms with van der Waals surface area (Å²) in [6.45, 7) is 2.49. The number of rotatable bonds is 6. The van der Waals surface area contributed by atoms with Gasteiger partial charge >= 0.3 is 0 Å². The molecule has 0 unspecified atom stereocenters. The fraction of sp³-hybridized carbons (Fsp3) is 0.111. The number of fused-ring (bicyclic) bond motifs is 1. The summed E-state index contributed by atoms with van der Waals surface area (Å²) in [7, 11) is 0. The smallest absolute Gasteiger partial charge is 0.296 e. The van der Waals surface area contributed by atoms with E-state index >= 15 is 0 Å². The van der Waals surface area contributed by atoms with Gasteiger partial charge in [-0.25, -0.2) is 0 Å². The van der Waals surface area contributed by atoms with Crippen LogP contribution in [0.4, 0.5) is 0 Å². The monoisotopic (exact) mass is 467 g/mol. The van der Waals surface area contributed by atoms with E-state index in [0.717, 1.165) is 39.3 Å². The van der Waals surface area contributed by atoms with E-state index in [-0.39, 0.29) is 16.2 Å². The topological polar surface area (TPSA) is 73.6 Å². The van der Waals surface area contributed by atoms with Crippen LogP contribution in [0.2, 0.25) is 0 Å². The molecule has 0 bridgehead atoms. The quantitative estimate of drug-likeness (QED) is 0.382. The second-order valence-corrected chi connectivity index (χ2v) is 8.99. The van der Waals surface area contributed by atoms with Gasteiger partial charge in [0.05, 0.1) is 4.53 Å². The van der Waals surface area contributed by atoms with Crippen LogP contribution in [-0.4, -0.2) is 14.6 Å². The Morgan fingerprint density at radius 1 is 0.912 bits per heavy atom. The summed E-state index contributed by atoms with van der Waals surface area (Å²) in [5.41, 5.74) is 3.58. The normalized spacial score (nSPS) is 11.7. The van der Waals surface area contributed by atoms with E-state index in [4.69, 9.17) is 4.74 Å². The Labute approximate surface area is 199 Å². The van der Waals surface area contributed by atoms with Crippen molar-refractivity contribution in [3.05, 3.63) is 132 Å². The molecule has 6 nitrogen and oxygen atoms in total. The highest BCUT2D eigenvalue weighted by Gasteiger charge is 2.12. The van der Waals surface area contributed by atoms with Crippen LogP contribution in [0.3, 0.4) is 0 Å². The number of aromatic nitrogens is 3. The second kappa shape index (κ2) is 9.41. The summed E-state index contributed by atoms with van der Waals surface area (Å²) in [6, 6.07) is 25.3. The van der Waals surface area contributed by atoms with Gasteiger partial charge in [-0.05, 0) is 41.8 Å². The van der Waals surface area contributed by atoms with E-state index < -0.39 is 5.56 Å². The standard InChI is InChI=1S/C27H21N3O3S/c1-18-7-9-19(10-8-18)15-23-25(31)28-27-30(29-23)26(32)24(34-27)16-20-11-13-22(14-12-20)33-17-21-5-3-2-4-6-21/h2-14,16H,15,17H2,1H3/b24-16-. The molecule has 0 N–H and O–H groups in total. The van der Waals surface area contributed by atoms with Gasteiger partial charge in [-0.1, -0.05) is 83.6 Å². The molecule has 0 atom stereocenters. The van der Waals surface area contributed by atoms with Crippen LogP contribution < -0.4 is 20.4 Å². The first-order chi connectivity index (χ1) is 16.5. The van der Waals surface area contributed by atoms with Gasteiger partial charge < -0.3 is 4.74 Å². The summed E-state index contributed by atoms with van der Waals surface area (Å²) in [6.07, 6.45) is 2.10. The SMILES string of the molecule is Cc1ccc(Cc2nn3c(=O)/c(=C/c4ccc(OCc5ccccc5)cc4)sc3nc2=O)cc1. The molecule has 5 aromatic rings. The molecule has 2 aromatic heterocycles. The van der Waals surface area contributed by atoms with Gasteiger partial charge in [0.1, 0.15) is 18.1 Å². The van der Waals surface area contributed by atoms with Crippen molar-refractivity contribution >= 4 is 22.4 Å². The van der Waals surface area contributed by atoms with Gasteiger partial charge in [0.25, 0.3) is 11.1 Å². The number of hydrogen-bond acceptors (Lipinski definition) is 6. The van der Waals surface area contributed by atoms with Gasteiger partial charge in [0, 0.05) is 6.42 Å². The fourth-order valence-corrected chi connectivity index (χ4v) is 4.41. The first-order valence-corrected chi connectivity index (χ1v) is 11.6. The van der Waals surface area contributed by atoms with Crippen LogP contribution in [0.1, 0.15) is 27.9 Å². The molecule has 5 rings (SSSR count). The molecule has 34 heavy (non-hydrogen) atoms. The lowest BCUT2D eigenvalue weighted by Gasteiger charge is -2.06. The third kappa shape index (κ3) is 4.79. The summed E-state index contributed by atoms with van der Waals surface area (Å²) in [5, 5.41) is 4.32. The Balaban J connectivity index is 1.39. The number of nitrogens with zero attached hydrogens (tertiary/aromatic N) is 3. The van der Waals surface area contributed by atoms with Crippen molar-refractivity contribution < 1.29 is 4.74 Å². The highest BCUT2D eigenvalue weighted by Crippen LogP contribution is 2.15. The third-order valence-electron chi connectivity index (χ3n) is 5.37. The molecule has 0 radical (unpaired) electrons. The van der Waals surface area contributed by atoms with E-state index in [1.165, 1.54) is 4.52 Å². The number of benzene rings is 3. The number of hydrogen-bond donors (Lipinski definition) is 0. The molecule has 3 aromatic carbocycles. The van der Waals surface area contributed by atoms with Crippen molar-refractivity contribution in [3.8, 4) is 5.75 Å². The Bertz CT molecular complexity index is 1610. The predicted molar refractivity (Wildman–Crippen MR) is 133 cm³/mol. The third-order valence-corrected chi connectivity index (χ3v) is 6.33. The van der Waals surface area contributed by atoms with Gasteiger partial charge in [-0.3, -0.25) is 9.59 Å². The largest absolute Gasteiger partial charge is 0.489 e. The van der Waals surface area contributed by atoms with Gasteiger partial charge in [-0.15, -0.1) is 0 Å². The average molecular weight is 468 g/mol. The minimum atomic E-state index is -0.409. The second-order valence-electron chi connectivity index (χ2n) is 7.98. The predicted octanol–water partition coefficient (Wildman–Crippen LogP) is 3.54. The van der Waals surface area contributed by atoms with Crippen LogP contribution in [0.5, 0.6) is 5.75 Å². The van der Waals surface area contributed by atoms with Gasteiger partial charge in [0.15, 0.2) is 0 Å². The zero-order valence-corrected chi connectivity index (χ0v) is 19.3. The lowest BCUT2D eigenvalue weighted by atomic mass is 10.1. The Hall–Kier alpha value is -4.10. The average Bonchev–Trinajstić information content (AvgIpc) is 3.15. The highest BCUT2D eigenvalue weighted by atomic mass is 32.1. The van der Waals surface area contributed by atoms with E-state index in [1.807, 2.05) is 85.8 Å². The lowest BCUT2D eigenvalue weighted by Crippen LogP contribution is -2.28. The maximum atomic E-state index is 12.9. The fourth-order valence-electron chi connectivity index (χ4n) is 3.50. The van der Waals surface area contributed by atoms with Gasteiger partial charge in [-0.2, -0.15) is 14.6 Å². The molecule has 0 aliphatic carbocycles. The van der Waals surface area contributed by atoms with E-state index in [9.17, 15) is 9.59 Å². The lowest BCUT2D eigenvalue weighted by molar-refractivity contribution is 0.306. The van der Waals surface area contributed by atoms with Crippen molar-refractivity contribution in [2.75, 3.05) is 0 Å². The van der Waals surface area contributed by atoms with Crippen molar-refractivity contribution in [2.45, 2.75) is 20.0 Å². The molecule has 0 fully saturated rings. The summed E-state index contributed by atoms with van der Waals surface area (Å²) >= 11 is 1.15. The van der Waals surface area contributed by atoms with Crippen LogP contribution in [0.15, 0.2) is 88.5 Å². The molecular weight excluding hydrogens is 446 g/mol. The van der Waals surface area contributed by atoms with Crippen LogP contribution in [0.25, 0.3) is 11.0 Å². The number of thiazole rings is 1. The molecule has 0 aliphatic rings. The van der Waals surface area contributed by atoms with Crippen molar-refractivity contribution in [3.63, 3.8) is 0 Å². The number of aryl methyl sites for hydroxylation is 1. The van der Waals surface area contributed by atoms with E-state index in [1.54, 1.807) is 6.08 Å². The maximum absolute atomic E-state index is 12.9. The van der Waals surface area contributed by atoms with Crippen molar-refractivity contribution in [1.82, 2.24) is 14.6 Å². The Morgan fingerprint density at radius 2 is 1.65 bits per heavy atom. The van der Waals surface area contributed by atoms with Crippen LogP contribution >= 0.6 is 11.3 Å². The minimum absolute atomic E-state index is 0.253. The first kappa shape index (κ1) is 21.7. The maximum Gasteiger partial charge on any atom is 0.296 e. The van der Waals surface area contributed by atoms with E-state index in [0.29, 0.717) is 17.6 Å². The Morgan fingerprint density at radius 3 is 2.38 bits per heavy atom. The molecule has 168 valence electrons. The van der Waals surface area contributed by atoms with E-state index in [2.05, 4.69) is 10.1 Å².